The number of nitrogens with one attached hydrogen (secondary N) is 2. The number of carboxylic acid groups (broad SMARTS) is 1. The van der Waals surface area contributed by atoms with Crippen LogP contribution in [0, 0.1) is 0 Å². The van der Waals surface area contributed by atoms with Gasteiger partial charge in [-0.25, -0.2) is 4.79 Å². The number of carbonyl (C=O) groups is 1. The van der Waals surface area contributed by atoms with Crippen LogP contribution >= 0.6 is 0 Å². The summed E-state index contributed by atoms with van der Waals surface area (Å²) in [5, 5.41) is 14.9. The van der Waals surface area contributed by atoms with Crippen molar-refractivity contribution >= 4 is 5.97 Å². The molecule has 0 aromatic carbocycles. The Labute approximate surface area is 79.0 Å². The van der Waals surface area contributed by atoms with Crippen LogP contribution in [0.1, 0.15) is 20.8 Å². The van der Waals surface area contributed by atoms with Gasteiger partial charge < -0.3 is 5.11 Å². The number of aliphatic carboxylic acids is 1. The lowest BCUT2D eigenvalue weighted by Gasteiger charge is -2.31. The minimum atomic E-state index is -0.982. The molecule has 0 aliphatic carbocycles. The molecule has 0 bridgehead atoms. The predicted molar refractivity (Wildman–Crippen MR) is 52.5 cm³/mol. The van der Waals surface area contributed by atoms with Crippen molar-refractivity contribution in [2.24, 2.45) is 0 Å². The Morgan fingerprint density at radius 3 is 2.00 bits per heavy atom. The fourth-order valence-corrected chi connectivity index (χ4v) is 1.20. The van der Waals surface area contributed by atoms with Gasteiger partial charge in [0.15, 0.2) is 0 Å². The molecule has 13 heavy (non-hydrogen) atoms. The van der Waals surface area contributed by atoms with E-state index in [-0.39, 0.29) is 5.57 Å². The first-order valence-electron chi connectivity index (χ1n) is 4.40. The van der Waals surface area contributed by atoms with Gasteiger partial charge in [0, 0.05) is 0 Å². The highest BCUT2D eigenvalue weighted by Gasteiger charge is 2.29. The van der Waals surface area contributed by atoms with Crippen molar-refractivity contribution in [3.63, 3.8) is 0 Å². The second kappa shape index (κ2) is 4.99. The van der Waals surface area contributed by atoms with Gasteiger partial charge in [-0.3, -0.25) is 10.6 Å². The molecule has 0 atom stereocenters. The Kier molecular flexibility index (Phi) is 4.66. The zero-order valence-electron chi connectivity index (χ0n) is 8.48. The quantitative estimate of drug-likeness (QED) is 0.419. The van der Waals surface area contributed by atoms with Gasteiger partial charge in [0.1, 0.15) is 0 Å². The van der Waals surface area contributed by atoms with E-state index < -0.39 is 11.6 Å². The Hall–Kier alpha value is -0.870. The van der Waals surface area contributed by atoms with Crippen molar-refractivity contribution < 1.29 is 9.90 Å². The van der Waals surface area contributed by atoms with E-state index in [0.717, 1.165) is 0 Å². The summed E-state index contributed by atoms with van der Waals surface area (Å²) in [6.07, 6.45) is 0. The largest absolute Gasteiger partial charge is 0.478 e. The molecule has 0 aromatic heterocycles. The molecule has 0 radical (unpaired) electrons. The van der Waals surface area contributed by atoms with Crippen molar-refractivity contribution in [1.82, 2.24) is 10.6 Å². The molecule has 0 saturated carbocycles. The van der Waals surface area contributed by atoms with Gasteiger partial charge in [-0.15, -0.1) is 0 Å². The molecular formula is C9H18N2O2. The number of likely N-dealkylation sites (N-methyl/N-ethyl adjacent to an activating group) is 2. The molecule has 4 heteroatoms. The maximum Gasteiger partial charge on any atom is 0.334 e. The number of carboxylic acids is 1. The summed E-state index contributed by atoms with van der Waals surface area (Å²) < 4.78 is 0. The first-order chi connectivity index (χ1) is 5.98. The van der Waals surface area contributed by atoms with Crippen molar-refractivity contribution in [3.05, 3.63) is 12.2 Å². The van der Waals surface area contributed by atoms with Crippen LogP contribution in [0.3, 0.4) is 0 Å². The normalized spacial score (nSPS) is 11.3. The highest BCUT2D eigenvalue weighted by molar-refractivity contribution is 5.88. The van der Waals surface area contributed by atoms with E-state index in [0.29, 0.717) is 13.1 Å². The highest BCUT2D eigenvalue weighted by Crippen LogP contribution is 2.10. The van der Waals surface area contributed by atoms with Gasteiger partial charge in [0.25, 0.3) is 0 Å². The van der Waals surface area contributed by atoms with Crippen LogP contribution in [0.25, 0.3) is 0 Å². The van der Waals surface area contributed by atoms with Crippen molar-refractivity contribution in [1.29, 1.82) is 0 Å². The van der Waals surface area contributed by atoms with Gasteiger partial charge in [-0.05, 0) is 20.0 Å². The lowest BCUT2D eigenvalue weighted by Crippen LogP contribution is -2.57. The Balaban J connectivity index is 4.56. The third-order valence-corrected chi connectivity index (χ3v) is 1.92. The maximum atomic E-state index is 10.7. The van der Waals surface area contributed by atoms with Crippen LogP contribution < -0.4 is 10.6 Å². The molecule has 0 aliphatic rings. The van der Waals surface area contributed by atoms with Gasteiger partial charge in [0.05, 0.1) is 11.2 Å². The molecule has 0 fully saturated rings. The molecule has 76 valence electrons. The van der Waals surface area contributed by atoms with Crippen LogP contribution in [-0.2, 0) is 4.79 Å². The highest BCUT2D eigenvalue weighted by atomic mass is 16.4. The zero-order valence-corrected chi connectivity index (χ0v) is 8.48. The van der Waals surface area contributed by atoms with Crippen LogP contribution in [0.5, 0.6) is 0 Å². The molecular weight excluding hydrogens is 168 g/mol. The maximum absolute atomic E-state index is 10.7. The minimum Gasteiger partial charge on any atom is -0.478 e. The Morgan fingerprint density at radius 1 is 1.38 bits per heavy atom. The summed E-state index contributed by atoms with van der Waals surface area (Å²) in [6, 6.07) is 0. The fourth-order valence-electron chi connectivity index (χ4n) is 1.20. The number of hydrogen-bond acceptors (Lipinski definition) is 3. The SMILES string of the molecule is C=C(C(=O)O)C(C)(NCC)NCC. The molecule has 4 nitrogen and oxygen atoms in total. The van der Waals surface area contributed by atoms with E-state index in [1.807, 2.05) is 13.8 Å². The van der Waals surface area contributed by atoms with E-state index in [1.54, 1.807) is 6.92 Å². The van der Waals surface area contributed by atoms with E-state index in [4.69, 9.17) is 5.11 Å². The lowest BCUT2D eigenvalue weighted by molar-refractivity contribution is -0.133. The van der Waals surface area contributed by atoms with Crippen molar-refractivity contribution in [2.45, 2.75) is 26.4 Å². The molecule has 0 amide bonds. The third-order valence-electron chi connectivity index (χ3n) is 1.92. The molecule has 0 aromatic rings. The van der Waals surface area contributed by atoms with Gasteiger partial charge in [0.2, 0.25) is 0 Å². The summed E-state index contributed by atoms with van der Waals surface area (Å²) in [6.45, 7) is 10.5. The van der Waals surface area contributed by atoms with Gasteiger partial charge in [-0.1, -0.05) is 20.4 Å². The first-order valence-corrected chi connectivity index (χ1v) is 4.40. The van der Waals surface area contributed by atoms with Crippen LogP contribution in [0.15, 0.2) is 12.2 Å². The van der Waals surface area contributed by atoms with Crippen LogP contribution in [-0.4, -0.2) is 29.8 Å². The van der Waals surface area contributed by atoms with Crippen LogP contribution in [0.2, 0.25) is 0 Å². The molecule has 0 heterocycles. The van der Waals surface area contributed by atoms with Crippen LogP contribution in [0.4, 0.5) is 0 Å². The lowest BCUT2D eigenvalue weighted by atomic mass is 10.0. The van der Waals surface area contributed by atoms with E-state index in [2.05, 4.69) is 17.2 Å². The molecule has 0 saturated heterocycles. The zero-order chi connectivity index (χ0) is 10.5. The molecule has 0 spiro atoms. The number of hydrogen-bond donors (Lipinski definition) is 3. The Morgan fingerprint density at radius 2 is 1.77 bits per heavy atom. The summed E-state index contributed by atoms with van der Waals surface area (Å²) in [4.78, 5) is 10.7. The average Bonchev–Trinajstić information content (AvgIpc) is 2.03. The summed E-state index contributed by atoms with van der Waals surface area (Å²) >= 11 is 0. The average molecular weight is 186 g/mol. The van der Waals surface area contributed by atoms with E-state index in [9.17, 15) is 4.79 Å². The summed E-state index contributed by atoms with van der Waals surface area (Å²) in [7, 11) is 0. The standard InChI is InChI=1S/C9H18N2O2/c1-5-10-9(4,11-6-2)7(3)8(12)13/h10-11H,3,5-6H2,1-2,4H3,(H,12,13). The molecule has 0 rings (SSSR count). The fraction of sp³-hybridized carbons (Fsp3) is 0.667. The van der Waals surface area contributed by atoms with Crippen molar-refractivity contribution in [3.8, 4) is 0 Å². The van der Waals surface area contributed by atoms with Crippen molar-refractivity contribution in [2.75, 3.05) is 13.1 Å². The molecule has 0 aliphatic heterocycles. The second-order valence-corrected chi connectivity index (χ2v) is 2.97. The summed E-state index contributed by atoms with van der Waals surface area (Å²) in [5.74, 6) is -0.982. The van der Waals surface area contributed by atoms with Gasteiger partial charge >= 0.3 is 5.97 Å². The summed E-state index contributed by atoms with van der Waals surface area (Å²) in [5.41, 5.74) is -0.578. The van der Waals surface area contributed by atoms with E-state index in [1.165, 1.54) is 0 Å². The van der Waals surface area contributed by atoms with Gasteiger partial charge in [-0.2, -0.15) is 0 Å². The molecule has 0 unspecified atom stereocenters. The first kappa shape index (κ1) is 12.1. The molecule has 3 N–H and O–H groups in total. The smallest absolute Gasteiger partial charge is 0.334 e. The minimum absolute atomic E-state index is 0.135. The number of rotatable bonds is 6. The topological polar surface area (TPSA) is 61.4 Å². The van der Waals surface area contributed by atoms with E-state index >= 15 is 0 Å². The second-order valence-electron chi connectivity index (χ2n) is 2.97. The predicted octanol–water partition coefficient (Wildman–Crippen LogP) is 0.562. The monoisotopic (exact) mass is 186 g/mol. The third kappa shape index (κ3) is 3.16. The Bertz CT molecular complexity index is 196.